The third kappa shape index (κ3) is 4.38. The number of nitrogens with zero attached hydrogens (tertiary/aromatic N) is 3. The summed E-state index contributed by atoms with van der Waals surface area (Å²) in [7, 11) is 0. The third-order valence-electron chi connectivity index (χ3n) is 5.57. The van der Waals surface area contributed by atoms with Crippen LogP contribution in [0.4, 0.5) is 10.1 Å². The summed E-state index contributed by atoms with van der Waals surface area (Å²) in [5, 5.41) is 0.516. The number of piperazine rings is 1. The Kier molecular flexibility index (Phi) is 6.16. The molecule has 4 rings (SSSR count). The lowest BCUT2D eigenvalue weighted by molar-refractivity contribution is -0.117. The van der Waals surface area contributed by atoms with E-state index in [1.54, 1.807) is 32.9 Å². The van der Waals surface area contributed by atoms with Crippen LogP contribution in [0.1, 0.15) is 33.6 Å². The van der Waals surface area contributed by atoms with Gasteiger partial charge in [0.1, 0.15) is 5.82 Å². The molecule has 2 aliphatic heterocycles. The van der Waals surface area contributed by atoms with E-state index < -0.39 is 5.82 Å². The lowest BCUT2D eigenvalue weighted by Crippen LogP contribution is -2.50. The Hall–Kier alpha value is -2.64. The average molecular weight is 464 g/mol. The molecular formula is C22H20Cl2FN3O3. The maximum absolute atomic E-state index is 13.3. The van der Waals surface area contributed by atoms with Gasteiger partial charge in [-0.25, -0.2) is 4.39 Å². The summed E-state index contributed by atoms with van der Waals surface area (Å²) in [6.07, 6.45) is 1.19. The Bertz CT molecular complexity index is 1050. The fourth-order valence-electron chi connectivity index (χ4n) is 3.93. The molecule has 0 atom stereocenters. The molecule has 0 aromatic heterocycles. The number of hydrogen-bond acceptors (Lipinski definition) is 3. The highest BCUT2D eigenvalue weighted by atomic mass is 35.5. The van der Waals surface area contributed by atoms with Crippen molar-refractivity contribution in [2.45, 2.75) is 12.8 Å². The van der Waals surface area contributed by atoms with Gasteiger partial charge in [0.25, 0.3) is 11.8 Å². The molecule has 0 bridgehead atoms. The predicted octanol–water partition coefficient (Wildman–Crippen LogP) is 3.86. The van der Waals surface area contributed by atoms with Crippen molar-refractivity contribution in [3.63, 3.8) is 0 Å². The molecule has 2 heterocycles. The lowest BCUT2D eigenvalue weighted by Gasteiger charge is -2.35. The van der Waals surface area contributed by atoms with Gasteiger partial charge >= 0.3 is 0 Å². The lowest BCUT2D eigenvalue weighted by atomic mass is 10.1. The molecule has 31 heavy (non-hydrogen) atoms. The smallest absolute Gasteiger partial charge is 0.256 e. The molecule has 3 amide bonds. The molecule has 2 aliphatic rings. The SMILES string of the molecule is O=C(c1ccc(F)cc1Cl)N1CCN(C(=O)c2ccc(Cl)cc2N2CCCC2=O)CC1. The molecule has 0 radical (unpaired) electrons. The number of carbonyl (C=O) groups excluding carboxylic acids is 3. The summed E-state index contributed by atoms with van der Waals surface area (Å²) in [6, 6.07) is 8.59. The Morgan fingerprint density at radius 3 is 2.03 bits per heavy atom. The number of benzene rings is 2. The van der Waals surface area contributed by atoms with E-state index in [1.165, 1.54) is 12.1 Å². The molecular weight excluding hydrogens is 444 g/mol. The van der Waals surface area contributed by atoms with Crippen molar-refractivity contribution in [1.82, 2.24) is 9.80 Å². The van der Waals surface area contributed by atoms with Crippen molar-refractivity contribution in [3.05, 3.63) is 63.4 Å². The highest BCUT2D eigenvalue weighted by Gasteiger charge is 2.30. The van der Waals surface area contributed by atoms with Crippen LogP contribution >= 0.6 is 23.2 Å². The number of carbonyl (C=O) groups is 3. The minimum Gasteiger partial charge on any atom is -0.335 e. The first-order chi connectivity index (χ1) is 14.8. The van der Waals surface area contributed by atoms with Gasteiger partial charge in [0.05, 0.1) is 21.8 Å². The summed E-state index contributed by atoms with van der Waals surface area (Å²) >= 11 is 12.1. The first-order valence-electron chi connectivity index (χ1n) is 9.98. The molecule has 162 valence electrons. The van der Waals surface area contributed by atoms with E-state index in [4.69, 9.17) is 23.2 Å². The van der Waals surface area contributed by atoms with Crippen LogP contribution < -0.4 is 4.90 Å². The molecule has 0 N–H and O–H groups in total. The van der Waals surface area contributed by atoms with Gasteiger partial charge in [-0.2, -0.15) is 0 Å². The zero-order valence-electron chi connectivity index (χ0n) is 16.6. The number of amides is 3. The summed E-state index contributed by atoms with van der Waals surface area (Å²) in [5.74, 6) is -1.04. The minimum atomic E-state index is -0.507. The van der Waals surface area contributed by atoms with Gasteiger partial charge in [-0.15, -0.1) is 0 Å². The van der Waals surface area contributed by atoms with Crippen LogP contribution in [-0.2, 0) is 4.79 Å². The van der Waals surface area contributed by atoms with Gasteiger partial charge in [-0.05, 0) is 42.8 Å². The maximum Gasteiger partial charge on any atom is 0.256 e. The maximum atomic E-state index is 13.3. The second kappa shape index (κ2) is 8.85. The molecule has 2 fully saturated rings. The standard InChI is InChI=1S/C22H20Cl2FN3O3/c23-14-3-5-17(19(12-14)28-7-1-2-20(28)29)22(31)27-10-8-26(9-11-27)21(30)16-6-4-15(25)13-18(16)24/h3-6,12-13H,1-2,7-11H2. The van der Waals surface area contributed by atoms with E-state index in [2.05, 4.69) is 0 Å². The predicted molar refractivity (Wildman–Crippen MR) is 116 cm³/mol. The Balaban J connectivity index is 1.48. The van der Waals surface area contributed by atoms with Crippen LogP contribution in [0.3, 0.4) is 0 Å². The van der Waals surface area contributed by atoms with Crippen molar-refractivity contribution in [2.24, 2.45) is 0 Å². The zero-order chi connectivity index (χ0) is 22.1. The molecule has 6 nitrogen and oxygen atoms in total. The second-order valence-electron chi connectivity index (χ2n) is 7.52. The second-order valence-corrected chi connectivity index (χ2v) is 8.36. The highest BCUT2D eigenvalue weighted by Crippen LogP contribution is 2.30. The highest BCUT2D eigenvalue weighted by molar-refractivity contribution is 6.33. The van der Waals surface area contributed by atoms with Crippen molar-refractivity contribution >= 4 is 46.6 Å². The molecule has 0 aliphatic carbocycles. The Morgan fingerprint density at radius 1 is 0.839 bits per heavy atom. The topological polar surface area (TPSA) is 60.9 Å². The number of halogens is 3. The first kappa shape index (κ1) is 21.6. The normalized spacial score (nSPS) is 16.7. The Morgan fingerprint density at radius 2 is 1.45 bits per heavy atom. The van der Waals surface area contributed by atoms with Crippen molar-refractivity contribution in [3.8, 4) is 0 Å². The van der Waals surface area contributed by atoms with Crippen molar-refractivity contribution in [2.75, 3.05) is 37.6 Å². The van der Waals surface area contributed by atoms with Gasteiger partial charge in [0.2, 0.25) is 5.91 Å². The average Bonchev–Trinajstić information content (AvgIpc) is 3.18. The van der Waals surface area contributed by atoms with Crippen LogP contribution in [0, 0.1) is 5.82 Å². The minimum absolute atomic E-state index is 0.0251. The van der Waals surface area contributed by atoms with Crippen LogP contribution in [0.2, 0.25) is 10.0 Å². The van der Waals surface area contributed by atoms with Gasteiger partial charge < -0.3 is 14.7 Å². The van der Waals surface area contributed by atoms with Gasteiger partial charge in [0.15, 0.2) is 0 Å². The fourth-order valence-corrected chi connectivity index (χ4v) is 4.34. The van der Waals surface area contributed by atoms with Gasteiger partial charge in [0, 0.05) is 44.2 Å². The largest absolute Gasteiger partial charge is 0.335 e. The number of rotatable bonds is 3. The number of hydrogen-bond donors (Lipinski definition) is 0. The van der Waals surface area contributed by atoms with Crippen LogP contribution in [-0.4, -0.2) is 60.2 Å². The number of anilines is 1. The fraction of sp³-hybridized carbons (Fsp3) is 0.318. The third-order valence-corrected chi connectivity index (χ3v) is 6.12. The molecule has 0 unspecified atom stereocenters. The van der Waals surface area contributed by atoms with E-state index >= 15 is 0 Å². The van der Waals surface area contributed by atoms with Gasteiger partial charge in [-0.3, -0.25) is 14.4 Å². The van der Waals surface area contributed by atoms with Crippen molar-refractivity contribution < 1.29 is 18.8 Å². The molecule has 2 aromatic rings. The summed E-state index contributed by atoms with van der Waals surface area (Å²) in [4.78, 5) is 43.0. The van der Waals surface area contributed by atoms with Crippen LogP contribution in [0.15, 0.2) is 36.4 Å². The van der Waals surface area contributed by atoms with E-state index in [0.717, 1.165) is 12.5 Å². The van der Waals surface area contributed by atoms with E-state index in [1.807, 2.05) is 0 Å². The molecule has 2 saturated heterocycles. The van der Waals surface area contributed by atoms with Crippen molar-refractivity contribution in [1.29, 1.82) is 0 Å². The Labute approximate surface area is 189 Å². The summed E-state index contributed by atoms with van der Waals surface area (Å²) < 4.78 is 13.3. The first-order valence-corrected chi connectivity index (χ1v) is 10.7. The van der Waals surface area contributed by atoms with Gasteiger partial charge in [-0.1, -0.05) is 23.2 Å². The summed E-state index contributed by atoms with van der Waals surface area (Å²) in [6.45, 7) is 1.87. The zero-order valence-corrected chi connectivity index (χ0v) is 18.1. The van der Waals surface area contributed by atoms with E-state index in [0.29, 0.717) is 55.4 Å². The molecule has 2 aromatic carbocycles. The molecule has 9 heteroatoms. The van der Waals surface area contributed by atoms with Crippen LogP contribution in [0.5, 0.6) is 0 Å². The molecule has 0 spiro atoms. The summed E-state index contributed by atoms with van der Waals surface area (Å²) in [5.41, 5.74) is 1.17. The van der Waals surface area contributed by atoms with Crippen LogP contribution in [0.25, 0.3) is 0 Å². The van der Waals surface area contributed by atoms with E-state index in [9.17, 15) is 18.8 Å². The van der Waals surface area contributed by atoms with E-state index in [-0.39, 0.29) is 28.3 Å². The molecule has 0 saturated carbocycles. The quantitative estimate of drug-likeness (QED) is 0.694. The monoisotopic (exact) mass is 463 g/mol.